The molecule has 0 aromatic heterocycles. The van der Waals surface area contributed by atoms with Crippen molar-refractivity contribution in [2.24, 2.45) is 5.92 Å². The van der Waals surface area contributed by atoms with Crippen molar-refractivity contribution < 1.29 is 4.79 Å². The third kappa shape index (κ3) is 2.23. The zero-order chi connectivity index (χ0) is 14.3. The van der Waals surface area contributed by atoms with Crippen LogP contribution in [0.3, 0.4) is 0 Å². The fraction of sp³-hybridized carbons (Fsp3) is 0.562. The Balaban J connectivity index is 1.95. The van der Waals surface area contributed by atoms with Crippen molar-refractivity contribution in [3.05, 3.63) is 34.9 Å². The molecule has 1 amide bonds. The third-order valence-corrected chi connectivity index (χ3v) is 5.37. The van der Waals surface area contributed by atoms with Crippen LogP contribution in [0.25, 0.3) is 0 Å². The Hall–Kier alpha value is -1.06. The molecule has 4 heteroatoms. The van der Waals surface area contributed by atoms with Gasteiger partial charge < -0.3 is 5.32 Å². The SMILES string of the molecule is CNC(=O)[C@H]1[C@@H](c2ccc(Cl)cc2)C[C@@H]2CC[C@H]1N2C. The summed E-state index contributed by atoms with van der Waals surface area (Å²) in [5.41, 5.74) is 1.24. The molecule has 1 aromatic carbocycles. The van der Waals surface area contributed by atoms with Crippen molar-refractivity contribution in [2.45, 2.75) is 37.3 Å². The van der Waals surface area contributed by atoms with Crippen LogP contribution in [-0.4, -0.2) is 37.0 Å². The average Bonchev–Trinajstić information content (AvgIpc) is 2.70. The van der Waals surface area contributed by atoms with E-state index in [0.717, 1.165) is 17.9 Å². The second-order valence-electron chi connectivity index (χ2n) is 6.00. The monoisotopic (exact) mass is 292 g/mol. The van der Waals surface area contributed by atoms with E-state index >= 15 is 0 Å². The molecule has 2 heterocycles. The van der Waals surface area contributed by atoms with Crippen molar-refractivity contribution in [3.63, 3.8) is 0 Å². The molecule has 3 rings (SSSR count). The lowest BCUT2D eigenvalue weighted by atomic mass is 9.75. The predicted molar refractivity (Wildman–Crippen MR) is 80.9 cm³/mol. The van der Waals surface area contributed by atoms with E-state index in [2.05, 4.69) is 29.4 Å². The highest BCUT2D eigenvalue weighted by Crippen LogP contribution is 2.46. The van der Waals surface area contributed by atoms with Gasteiger partial charge in [0.05, 0.1) is 5.92 Å². The zero-order valence-electron chi connectivity index (χ0n) is 12.0. The van der Waals surface area contributed by atoms with E-state index in [4.69, 9.17) is 11.6 Å². The lowest BCUT2D eigenvalue weighted by Gasteiger charge is -2.42. The van der Waals surface area contributed by atoms with Crippen LogP contribution in [0.15, 0.2) is 24.3 Å². The molecule has 2 bridgehead atoms. The van der Waals surface area contributed by atoms with Crippen LogP contribution < -0.4 is 5.32 Å². The Labute approximate surface area is 125 Å². The van der Waals surface area contributed by atoms with Crippen LogP contribution in [0.2, 0.25) is 5.02 Å². The molecule has 0 spiro atoms. The van der Waals surface area contributed by atoms with Gasteiger partial charge in [0.15, 0.2) is 0 Å². The summed E-state index contributed by atoms with van der Waals surface area (Å²) in [6, 6.07) is 8.99. The summed E-state index contributed by atoms with van der Waals surface area (Å²) >= 11 is 5.98. The Morgan fingerprint density at radius 3 is 2.65 bits per heavy atom. The quantitative estimate of drug-likeness (QED) is 0.909. The number of benzene rings is 1. The van der Waals surface area contributed by atoms with Crippen LogP contribution in [0.5, 0.6) is 0 Å². The van der Waals surface area contributed by atoms with E-state index in [9.17, 15) is 4.79 Å². The Morgan fingerprint density at radius 2 is 2.00 bits per heavy atom. The first-order valence-electron chi connectivity index (χ1n) is 7.31. The third-order valence-electron chi connectivity index (χ3n) is 5.12. The molecule has 2 aliphatic heterocycles. The van der Waals surface area contributed by atoms with E-state index in [-0.39, 0.29) is 11.8 Å². The molecule has 2 saturated heterocycles. The van der Waals surface area contributed by atoms with E-state index in [1.807, 2.05) is 12.1 Å². The number of halogens is 1. The molecule has 108 valence electrons. The van der Waals surface area contributed by atoms with E-state index < -0.39 is 0 Å². The predicted octanol–water partition coefficient (Wildman–Crippen LogP) is 2.65. The highest BCUT2D eigenvalue weighted by atomic mass is 35.5. The summed E-state index contributed by atoms with van der Waals surface area (Å²) in [6.07, 6.45) is 3.40. The number of rotatable bonds is 2. The largest absolute Gasteiger partial charge is 0.359 e. The Bertz CT molecular complexity index is 502. The first-order valence-corrected chi connectivity index (χ1v) is 7.68. The van der Waals surface area contributed by atoms with Gasteiger partial charge in [0.25, 0.3) is 0 Å². The van der Waals surface area contributed by atoms with Crippen LogP contribution in [0.4, 0.5) is 0 Å². The van der Waals surface area contributed by atoms with Crippen molar-refractivity contribution in [1.82, 2.24) is 10.2 Å². The maximum Gasteiger partial charge on any atom is 0.225 e. The van der Waals surface area contributed by atoms with Crippen molar-refractivity contribution in [1.29, 1.82) is 0 Å². The minimum atomic E-state index is 0.0462. The number of nitrogens with zero attached hydrogens (tertiary/aromatic N) is 1. The summed E-state index contributed by atoms with van der Waals surface area (Å²) in [7, 11) is 3.90. The number of fused-ring (bicyclic) bond motifs is 2. The number of piperidine rings is 1. The molecule has 4 atom stereocenters. The number of carbonyl (C=O) groups is 1. The van der Waals surface area contributed by atoms with Gasteiger partial charge in [-0.2, -0.15) is 0 Å². The van der Waals surface area contributed by atoms with Crippen molar-refractivity contribution >= 4 is 17.5 Å². The van der Waals surface area contributed by atoms with Gasteiger partial charge >= 0.3 is 0 Å². The molecule has 1 N–H and O–H groups in total. The fourth-order valence-electron chi connectivity index (χ4n) is 4.04. The summed E-state index contributed by atoms with van der Waals surface area (Å²) < 4.78 is 0. The van der Waals surface area contributed by atoms with Crippen molar-refractivity contribution in [2.75, 3.05) is 14.1 Å². The molecule has 2 fully saturated rings. The molecule has 0 radical (unpaired) electrons. The van der Waals surface area contributed by atoms with Gasteiger partial charge in [-0.3, -0.25) is 9.69 Å². The van der Waals surface area contributed by atoms with Crippen LogP contribution >= 0.6 is 11.6 Å². The highest BCUT2D eigenvalue weighted by Gasteiger charge is 2.48. The van der Waals surface area contributed by atoms with Gasteiger partial charge in [-0.1, -0.05) is 23.7 Å². The summed E-state index contributed by atoms with van der Waals surface area (Å²) in [5.74, 6) is 0.521. The summed E-state index contributed by atoms with van der Waals surface area (Å²) in [5, 5.41) is 3.61. The molecule has 0 saturated carbocycles. The van der Waals surface area contributed by atoms with Gasteiger partial charge in [-0.05, 0) is 49.9 Å². The zero-order valence-corrected chi connectivity index (χ0v) is 12.7. The van der Waals surface area contributed by atoms with E-state index in [1.54, 1.807) is 7.05 Å². The maximum absolute atomic E-state index is 12.4. The smallest absolute Gasteiger partial charge is 0.225 e. The number of nitrogens with one attached hydrogen (secondary N) is 1. The minimum Gasteiger partial charge on any atom is -0.359 e. The topological polar surface area (TPSA) is 32.3 Å². The normalized spacial score (nSPS) is 33.1. The molecular formula is C16H21ClN2O. The van der Waals surface area contributed by atoms with Crippen LogP contribution in [-0.2, 0) is 4.79 Å². The van der Waals surface area contributed by atoms with Gasteiger partial charge in [0.1, 0.15) is 0 Å². The van der Waals surface area contributed by atoms with Gasteiger partial charge in [0.2, 0.25) is 5.91 Å². The average molecular weight is 293 g/mol. The summed E-state index contributed by atoms with van der Waals surface area (Å²) in [6.45, 7) is 0. The minimum absolute atomic E-state index is 0.0462. The molecule has 0 unspecified atom stereocenters. The maximum atomic E-state index is 12.4. The second-order valence-corrected chi connectivity index (χ2v) is 6.43. The van der Waals surface area contributed by atoms with Crippen LogP contribution in [0, 0.1) is 5.92 Å². The van der Waals surface area contributed by atoms with E-state index in [1.165, 1.54) is 12.0 Å². The lowest BCUT2D eigenvalue weighted by molar-refractivity contribution is -0.128. The van der Waals surface area contributed by atoms with Crippen LogP contribution in [0.1, 0.15) is 30.7 Å². The molecule has 2 aliphatic rings. The van der Waals surface area contributed by atoms with Gasteiger partial charge in [-0.15, -0.1) is 0 Å². The first-order chi connectivity index (χ1) is 9.61. The lowest BCUT2D eigenvalue weighted by Crippen LogP contribution is -2.51. The molecule has 20 heavy (non-hydrogen) atoms. The number of hydrogen-bond acceptors (Lipinski definition) is 2. The standard InChI is InChI=1S/C16H21ClN2O/c1-18-16(20)15-13(10-3-5-11(17)6-4-10)9-12-7-8-14(15)19(12)2/h3-6,12-15H,7-9H2,1-2H3,(H,18,20)/t12-,13+,14+,15-/m0/s1. The molecule has 3 nitrogen and oxygen atoms in total. The summed E-state index contributed by atoms with van der Waals surface area (Å²) in [4.78, 5) is 14.8. The van der Waals surface area contributed by atoms with E-state index in [0.29, 0.717) is 18.0 Å². The molecular weight excluding hydrogens is 272 g/mol. The van der Waals surface area contributed by atoms with Gasteiger partial charge in [-0.25, -0.2) is 0 Å². The fourth-order valence-corrected chi connectivity index (χ4v) is 4.17. The Morgan fingerprint density at radius 1 is 1.30 bits per heavy atom. The Kier molecular flexibility index (Phi) is 3.74. The number of carbonyl (C=O) groups excluding carboxylic acids is 1. The number of amides is 1. The molecule has 0 aliphatic carbocycles. The highest BCUT2D eigenvalue weighted by molar-refractivity contribution is 6.30. The molecule has 1 aromatic rings. The van der Waals surface area contributed by atoms with Crippen molar-refractivity contribution in [3.8, 4) is 0 Å². The van der Waals surface area contributed by atoms with Gasteiger partial charge in [0, 0.05) is 24.2 Å². The second kappa shape index (κ2) is 5.38. The number of hydrogen-bond donors (Lipinski definition) is 1. The first kappa shape index (κ1) is 13.9.